The number of carboxylic acid groups (broad SMARTS) is 1. The van der Waals surface area contributed by atoms with Crippen molar-refractivity contribution in [2.24, 2.45) is 5.10 Å². The second-order valence-electron chi connectivity index (χ2n) is 6.80. The number of carbonyl (C=O) groups is 2. The third kappa shape index (κ3) is 3.86. The van der Waals surface area contributed by atoms with Crippen LogP contribution in [0.25, 0.3) is 10.9 Å². The Balaban J connectivity index is 1.74. The molecule has 0 fully saturated rings. The molecule has 0 saturated carbocycles. The fourth-order valence-electron chi connectivity index (χ4n) is 3.41. The van der Waals surface area contributed by atoms with Crippen LogP contribution in [0, 0.1) is 0 Å². The highest BCUT2D eigenvalue weighted by Gasteiger charge is 2.35. The Bertz CT molecular complexity index is 1140. The smallest absolute Gasteiger partial charge is 0.303 e. The number of ether oxygens (including phenoxy) is 1. The van der Waals surface area contributed by atoms with E-state index >= 15 is 0 Å². The van der Waals surface area contributed by atoms with E-state index < -0.39 is 17.9 Å². The van der Waals surface area contributed by atoms with E-state index in [4.69, 9.17) is 25.9 Å². The summed E-state index contributed by atoms with van der Waals surface area (Å²) in [7, 11) is 1.58. The Morgan fingerprint density at radius 3 is 2.83 bits per heavy atom. The van der Waals surface area contributed by atoms with Crippen molar-refractivity contribution in [2.75, 3.05) is 7.11 Å². The van der Waals surface area contributed by atoms with Crippen molar-refractivity contribution >= 4 is 40.1 Å². The largest absolute Gasteiger partial charge is 0.497 e. The quantitative estimate of drug-likeness (QED) is 0.595. The molecule has 1 N–H and O–H groups in total. The van der Waals surface area contributed by atoms with Gasteiger partial charge in [0.25, 0.3) is 0 Å². The number of hydrazone groups is 1. The van der Waals surface area contributed by atoms with Crippen molar-refractivity contribution < 1.29 is 23.8 Å². The molecule has 8 nitrogen and oxygen atoms in total. The van der Waals surface area contributed by atoms with Gasteiger partial charge in [0, 0.05) is 23.8 Å². The number of carbonyl (C=O) groups excluding carboxylic acids is 1. The van der Waals surface area contributed by atoms with Crippen molar-refractivity contribution in [3.05, 3.63) is 59.1 Å². The van der Waals surface area contributed by atoms with Crippen molar-refractivity contribution in [3.63, 3.8) is 0 Å². The van der Waals surface area contributed by atoms with Crippen molar-refractivity contribution in [1.82, 2.24) is 9.99 Å². The van der Waals surface area contributed by atoms with E-state index in [0.717, 1.165) is 5.39 Å². The van der Waals surface area contributed by atoms with Gasteiger partial charge in [-0.15, -0.1) is 0 Å². The number of pyridine rings is 1. The van der Waals surface area contributed by atoms with E-state index in [0.29, 0.717) is 34.7 Å². The van der Waals surface area contributed by atoms with Gasteiger partial charge in [0.1, 0.15) is 22.4 Å². The molecule has 1 aliphatic rings. The van der Waals surface area contributed by atoms with Crippen LogP contribution in [-0.4, -0.2) is 39.8 Å². The molecule has 30 heavy (non-hydrogen) atoms. The average Bonchev–Trinajstić information content (AvgIpc) is 3.41. The first-order valence-electron chi connectivity index (χ1n) is 9.25. The molecule has 0 bridgehead atoms. The molecule has 1 aliphatic heterocycles. The number of rotatable bonds is 6. The van der Waals surface area contributed by atoms with Gasteiger partial charge in [-0.2, -0.15) is 5.10 Å². The summed E-state index contributed by atoms with van der Waals surface area (Å²) in [6.07, 6.45) is 1.43. The van der Waals surface area contributed by atoms with Crippen LogP contribution in [0.3, 0.4) is 0 Å². The molecule has 0 aliphatic carbocycles. The predicted molar refractivity (Wildman–Crippen MR) is 110 cm³/mol. The van der Waals surface area contributed by atoms with E-state index in [9.17, 15) is 9.59 Å². The van der Waals surface area contributed by atoms with E-state index in [1.807, 2.05) is 12.1 Å². The summed E-state index contributed by atoms with van der Waals surface area (Å²) in [5, 5.41) is 15.7. The summed E-state index contributed by atoms with van der Waals surface area (Å²) in [6.45, 7) is 0. The van der Waals surface area contributed by atoms with E-state index in [2.05, 4.69) is 10.1 Å². The number of halogens is 1. The average molecular weight is 428 g/mol. The van der Waals surface area contributed by atoms with E-state index in [1.54, 1.807) is 31.4 Å². The van der Waals surface area contributed by atoms with Gasteiger partial charge in [-0.1, -0.05) is 11.6 Å². The zero-order valence-electron chi connectivity index (χ0n) is 16.0. The molecule has 1 amide bonds. The lowest BCUT2D eigenvalue weighted by Crippen LogP contribution is -2.27. The molecule has 0 radical (unpaired) electrons. The first kappa shape index (κ1) is 19.9. The van der Waals surface area contributed by atoms with Gasteiger partial charge in [0.05, 0.1) is 31.4 Å². The molecular formula is C21H18ClN3O5. The van der Waals surface area contributed by atoms with Gasteiger partial charge >= 0.3 is 5.97 Å². The Labute approximate surface area is 176 Å². The van der Waals surface area contributed by atoms with Gasteiger partial charge in [-0.3, -0.25) is 9.59 Å². The lowest BCUT2D eigenvalue weighted by atomic mass is 10.0. The number of nitrogens with zero attached hydrogens (tertiary/aromatic N) is 3. The number of furan rings is 1. The van der Waals surface area contributed by atoms with Gasteiger partial charge < -0.3 is 14.3 Å². The topological polar surface area (TPSA) is 105 Å². The van der Waals surface area contributed by atoms with Crippen LogP contribution in [0.1, 0.15) is 36.6 Å². The first-order valence-corrected chi connectivity index (χ1v) is 9.63. The zero-order valence-corrected chi connectivity index (χ0v) is 16.8. The fraction of sp³-hybridized carbons (Fsp3) is 0.238. The maximum atomic E-state index is 12.8. The SMILES string of the molecule is COc1ccc2nc(Cl)c([C@@H]3CC(c4ccco4)=NN3C(=O)CCC(=O)O)cc2c1. The number of aliphatic carboxylic acids is 1. The third-order valence-electron chi connectivity index (χ3n) is 4.89. The molecule has 0 spiro atoms. The second-order valence-corrected chi connectivity index (χ2v) is 7.16. The molecule has 9 heteroatoms. The van der Waals surface area contributed by atoms with Crippen LogP contribution in [0.2, 0.25) is 5.15 Å². The lowest BCUT2D eigenvalue weighted by Gasteiger charge is -2.22. The minimum Gasteiger partial charge on any atom is -0.497 e. The lowest BCUT2D eigenvalue weighted by molar-refractivity contribution is -0.141. The minimum absolute atomic E-state index is 0.173. The van der Waals surface area contributed by atoms with Gasteiger partial charge in [0.2, 0.25) is 5.91 Å². The minimum atomic E-state index is -1.05. The van der Waals surface area contributed by atoms with Crippen LogP contribution in [-0.2, 0) is 9.59 Å². The molecule has 0 saturated heterocycles. The maximum Gasteiger partial charge on any atom is 0.303 e. The molecule has 4 rings (SSSR count). The van der Waals surface area contributed by atoms with Crippen molar-refractivity contribution in [3.8, 4) is 5.75 Å². The Hall–Kier alpha value is -3.39. The van der Waals surface area contributed by atoms with Crippen LogP contribution in [0.5, 0.6) is 5.75 Å². The van der Waals surface area contributed by atoms with Crippen LogP contribution in [0.4, 0.5) is 0 Å². The molecule has 0 unspecified atom stereocenters. The summed E-state index contributed by atoms with van der Waals surface area (Å²) in [5.41, 5.74) is 1.89. The number of hydrogen-bond donors (Lipinski definition) is 1. The molecule has 154 valence electrons. The van der Waals surface area contributed by atoms with Gasteiger partial charge in [-0.25, -0.2) is 9.99 Å². The third-order valence-corrected chi connectivity index (χ3v) is 5.19. The van der Waals surface area contributed by atoms with E-state index in [1.165, 1.54) is 11.3 Å². The van der Waals surface area contributed by atoms with Crippen LogP contribution < -0.4 is 4.74 Å². The van der Waals surface area contributed by atoms with Crippen molar-refractivity contribution in [1.29, 1.82) is 0 Å². The van der Waals surface area contributed by atoms with Crippen LogP contribution >= 0.6 is 11.6 Å². The first-order chi connectivity index (χ1) is 14.5. The summed E-state index contributed by atoms with van der Waals surface area (Å²) in [5.74, 6) is -0.247. The summed E-state index contributed by atoms with van der Waals surface area (Å²) in [6, 6.07) is 10.3. The number of fused-ring (bicyclic) bond motifs is 1. The molecule has 1 aromatic carbocycles. The maximum absolute atomic E-state index is 12.8. The fourth-order valence-corrected chi connectivity index (χ4v) is 3.68. The number of aromatic nitrogens is 1. The summed E-state index contributed by atoms with van der Waals surface area (Å²) < 4.78 is 10.7. The normalized spacial score (nSPS) is 16.0. The molecule has 2 aromatic heterocycles. The zero-order chi connectivity index (χ0) is 21.3. The van der Waals surface area contributed by atoms with Gasteiger partial charge in [0.15, 0.2) is 0 Å². The monoisotopic (exact) mass is 427 g/mol. The summed E-state index contributed by atoms with van der Waals surface area (Å²) >= 11 is 6.48. The van der Waals surface area contributed by atoms with E-state index in [-0.39, 0.29) is 18.0 Å². The second kappa shape index (κ2) is 8.16. The highest BCUT2D eigenvalue weighted by Crippen LogP contribution is 2.38. The Morgan fingerprint density at radius 2 is 2.13 bits per heavy atom. The number of methoxy groups -OCH3 is 1. The van der Waals surface area contributed by atoms with Gasteiger partial charge in [-0.05, 0) is 36.4 Å². The Kier molecular flexibility index (Phi) is 5.41. The van der Waals surface area contributed by atoms with Crippen LogP contribution in [0.15, 0.2) is 52.2 Å². The number of benzene rings is 1. The number of hydrogen-bond acceptors (Lipinski definition) is 6. The molecular weight excluding hydrogens is 410 g/mol. The predicted octanol–water partition coefficient (Wildman–Crippen LogP) is 4.03. The number of carboxylic acids is 1. The molecule has 3 heterocycles. The van der Waals surface area contributed by atoms with Crippen molar-refractivity contribution in [2.45, 2.75) is 25.3 Å². The highest BCUT2D eigenvalue weighted by molar-refractivity contribution is 6.30. The standard InChI is InChI=1S/C21H18ClN3O5/c1-29-13-4-5-15-12(9-13)10-14(21(22)23-15)17-11-16(18-3-2-8-30-18)24-25(17)19(26)6-7-20(27)28/h2-5,8-10,17H,6-7,11H2,1H3,(H,27,28)/t17-/m0/s1. The molecule has 3 aromatic rings. The number of amides is 1. The highest BCUT2D eigenvalue weighted by atomic mass is 35.5. The summed E-state index contributed by atoms with van der Waals surface area (Å²) in [4.78, 5) is 28.1. The Morgan fingerprint density at radius 1 is 1.30 bits per heavy atom. The molecule has 1 atom stereocenters.